The van der Waals surface area contributed by atoms with Gasteiger partial charge in [0.05, 0.1) is 51.8 Å². The molecule has 18 nitrogen and oxygen atoms in total. The number of piperazine rings is 1. The number of nitrogen functional groups attached to an aromatic ring is 1. The third-order valence-electron chi connectivity index (χ3n) is 15.3. The van der Waals surface area contributed by atoms with Gasteiger partial charge in [-0.2, -0.15) is 0 Å². The number of β-amino-alcohol motifs (C(OH)–C–C–N with tert-alkyl or cyclic N) is 1. The lowest BCUT2D eigenvalue weighted by Gasteiger charge is -2.43. The number of hydrogen-bond donors (Lipinski definition) is 4. The summed E-state index contributed by atoms with van der Waals surface area (Å²) < 4.78 is 24.2. The topological polar surface area (TPSA) is 223 Å². The number of amides is 1. The molecule has 4 aliphatic rings. The fraction of sp³-hybridized carbons (Fsp3) is 0.397. The molecule has 2 bridgehead atoms. The van der Waals surface area contributed by atoms with Crippen molar-refractivity contribution in [3.63, 3.8) is 0 Å². The summed E-state index contributed by atoms with van der Waals surface area (Å²) in [6.07, 6.45) is 6.78. The second-order valence-electron chi connectivity index (χ2n) is 20.9. The van der Waals surface area contributed by atoms with Crippen LogP contribution in [-0.4, -0.2) is 121 Å². The van der Waals surface area contributed by atoms with E-state index in [1.807, 2.05) is 79.0 Å². The van der Waals surface area contributed by atoms with E-state index in [-0.39, 0.29) is 60.4 Å². The van der Waals surface area contributed by atoms with Gasteiger partial charge < -0.3 is 49.8 Å². The van der Waals surface area contributed by atoms with Crippen LogP contribution in [0.5, 0.6) is 23.3 Å². The van der Waals surface area contributed by atoms with E-state index in [2.05, 4.69) is 89.3 Å². The summed E-state index contributed by atoms with van der Waals surface area (Å²) in [6.45, 7) is 10.7. The van der Waals surface area contributed by atoms with Gasteiger partial charge in [0, 0.05) is 86.6 Å². The molecule has 2 unspecified atom stereocenters. The number of carbonyl (C=O) groups excluding carboxylic acids is 1. The number of carbonyl (C=O) groups is 1. The van der Waals surface area contributed by atoms with Gasteiger partial charge >= 0.3 is 0 Å². The lowest BCUT2D eigenvalue weighted by atomic mass is 9.92. The average Bonchev–Trinajstić information content (AvgIpc) is 4.23. The molecule has 3 saturated heterocycles. The largest absolute Gasteiger partial charge is 0.507 e. The number of nitrogens with one attached hydrogen (secondary N) is 1. The number of aliphatic hydroxyl groups is 1. The second-order valence-corrected chi connectivity index (χ2v) is 21.7. The molecule has 3 aliphatic heterocycles. The minimum atomic E-state index is -0.614. The Morgan fingerprint density at radius 2 is 1.70 bits per heavy atom. The number of nitrogens with two attached hydrogens (primary N) is 1. The molecule has 4 fully saturated rings. The van der Waals surface area contributed by atoms with E-state index in [0.717, 1.165) is 71.8 Å². The van der Waals surface area contributed by atoms with Crippen LogP contribution in [0.4, 0.5) is 17.2 Å². The average molecular weight is 1060 g/mol. The van der Waals surface area contributed by atoms with Gasteiger partial charge in [-0.05, 0) is 97.6 Å². The number of pyridine rings is 2. The quantitative estimate of drug-likeness (QED) is 0.0635. The smallest absolute Gasteiger partial charge is 0.255 e. The van der Waals surface area contributed by atoms with E-state index in [4.69, 9.17) is 24.5 Å². The van der Waals surface area contributed by atoms with Crippen molar-refractivity contribution in [3.05, 3.63) is 126 Å². The molecule has 19 heteroatoms. The van der Waals surface area contributed by atoms with E-state index >= 15 is 0 Å². The summed E-state index contributed by atoms with van der Waals surface area (Å²) >= 11 is 1.61. The molecule has 1 amide bonds. The van der Waals surface area contributed by atoms with Gasteiger partial charge in [0.1, 0.15) is 35.2 Å². The molecular weight excluding hydrogens is 995 g/mol. The van der Waals surface area contributed by atoms with Gasteiger partial charge in [-0.3, -0.25) is 9.69 Å². The van der Waals surface area contributed by atoms with Gasteiger partial charge in [0.25, 0.3) is 5.88 Å². The highest BCUT2D eigenvalue weighted by atomic mass is 32.1. The summed E-state index contributed by atoms with van der Waals surface area (Å²) in [5.74, 6) is 8.74. The maximum atomic E-state index is 13.7. The molecule has 1 saturated carbocycles. The first-order valence-corrected chi connectivity index (χ1v) is 27.3. The van der Waals surface area contributed by atoms with Crippen molar-refractivity contribution in [2.75, 3.05) is 48.3 Å². The zero-order valence-electron chi connectivity index (χ0n) is 43.5. The third-order valence-corrected chi connectivity index (χ3v) is 16.3. The highest BCUT2D eigenvalue weighted by Gasteiger charge is 2.42. The number of hydrogen-bond acceptors (Lipinski definition) is 18. The monoisotopic (exact) mass is 1060 g/mol. The van der Waals surface area contributed by atoms with Crippen molar-refractivity contribution in [2.24, 2.45) is 5.92 Å². The number of likely N-dealkylation sites (tertiary alicyclic amines) is 1. The van der Waals surface area contributed by atoms with Crippen LogP contribution in [0.3, 0.4) is 0 Å². The first-order chi connectivity index (χ1) is 37.4. The van der Waals surface area contributed by atoms with Crippen molar-refractivity contribution < 1.29 is 33.7 Å². The second kappa shape index (κ2) is 22.4. The standard InChI is InChI=1S/C58H63N11O7S/c1-34(2)48(32-68-31-43(70)23-51(68)58(72)63-35(3)37-11-13-38(14-12-37)56-36(4)62-33-77-56)53-27-55(66-76-53)73-21-7-8-39-15-18-44(28-61-39)74-45-24-46(25-45)75-54-22-40(19-20-60-54)69-41-16-17-42(69)30-67(29-41)50-26-49(64-65-57(50)59)47-9-5-6-10-52(47)71/h5-6,9-15,18-20,22,26-28,33-35,41-43,45-46,48,51,70-71H,16-17,21,23-25,29-32H2,1-4H3,(H2,59,65)(H,63,72)/t35-,41?,42?,43+,45-,46-,48+,51-/m0/s1. The number of anilines is 3. The number of phenols is 1. The van der Waals surface area contributed by atoms with Crippen LogP contribution in [0.1, 0.15) is 87.5 Å². The number of phenolic OH excluding ortho intramolecular Hbond substituents is 1. The fourth-order valence-electron chi connectivity index (χ4n) is 11.1. The number of thiazole rings is 1. The Hall–Kier alpha value is -7.79. The van der Waals surface area contributed by atoms with E-state index in [1.54, 1.807) is 35.7 Å². The van der Waals surface area contributed by atoms with Crippen LogP contribution in [0.2, 0.25) is 0 Å². The number of para-hydroxylation sites is 1. The number of aryl methyl sites for hydroxylation is 1. The molecule has 5 N–H and O–H groups in total. The number of benzene rings is 2. The zero-order chi connectivity index (χ0) is 53.2. The fourth-order valence-corrected chi connectivity index (χ4v) is 11.9. The van der Waals surface area contributed by atoms with E-state index < -0.39 is 12.1 Å². The molecule has 2 aromatic carbocycles. The first-order valence-electron chi connectivity index (χ1n) is 26.4. The number of aromatic nitrogens is 6. The number of aliphatic hydroxyl groups excluding tert-OH is 1. The summed E-state index contributed by atoms with van der Waals surface area (Å²) in [7, 11) is 0. The Morgan fingerprint density at radius 1 is 0.909 bits per heavy atom. The van der Waals surface area contributed by atoms with Gasteiger partial charge in [-0.15, -0.1) is 21.5 Å². The predicted molar refractivity (Wildman–Crippen MR) is 293 cm³/mol. The Bertz CT molecular complexity index is 3230. The molecule has 0 spiro atoms. The Balaban J connectivity index is 0.619. The van der Waals surface area contributed by atoms with Crippen LogP contribution in [-0.2, 0) is 4.79 Å². The molecule has 6 atom stereocenters. The van der Waals surface area contributed by atoms with Crippen LogP contribution < -0.4 is 35.1 Å². The molecule has 7 aromatic rings. The summed E-state index contributed by atoms with van der Waals surface area (Å²) in [5, 5.41) is 37.1. The Labute approximate surface area is 451 Å². The van der Waals surface area contributed by atoms with Crippen molar-refractivity contribution in [1.82, 2.24) is 40.5 Å². The van der Waals surface area contributed by atoms with Gasteiger partial charge in [-0.25, -0.2) is 15.0 Å². The maximum absolute atomic E-state index is 13.7. The first kappa shape index (κ1) is 51.3. The minimum Gasteiger partial charge on any atom is -0.507 e. The van der Waals surface area contributed by atoms with E-state index in [0.29, 0.717) is 65.5 Å². The molecular formula is C58H63N11O7S. The number of ether oxygens (including phenoxy) is 3. The molecule has 77 heavy (non-hydrogen) atoms. The van der Waals surface area contributed by atoms with Crippen molar-refractivity contribution in [3.8, 4) is 56.8 Å². The molecule has 398 valence electrons. The summed E-state index contributed by atoms with van der Waals surface area (Å²) in [4.78, 5) is 35.1. The normalized spacial score (nSPS) is 21.7. The highest BCUT2D eigenvalue weighted by molar-refractivity contribution is 7.13. The molecule has 0 radical (unpaired) electrons. The minimum absolute atomic E-state index is 0.00531. The van der Waals surface area contributed by atoms with Crippen molar-refractivity contribution in [2.45, 2.75) is 108 Å². The maximum Gasteiger partial charge on any atom is 0.255 e. The van der Waals surface area contributed by atoms with Gasteiger partial charge in [-0.1, -0.05) is 56.2 Å². The SMILES string of the molecule is Cc1ncsc1-c1ccc([C@H](C)NC(=O)[C@@H]2C[C@@H](O)CN2C[C@@H](c2cc(OCC#Cc3ccc(O[C@H]4C[C@H](Oc5cc(N6C7CCC6CN(c6cc(-c8ccccc8O)nnc6N)C7)ccn5)C4)cn3)no2)C(C)C)cc1. The number of fused-ring (bicyclic) bond motifs is 2. The lowest BCUT2D eigenvalue weighted by molar-refractivity contribution is -0.126. The number of rotatable bonds is 17. The van der Waals surface area contributed by atoms with Crippen LogP contribution >= 0.6 is 11.3 Å². The zero-order valence-corrected chi connectivity index (χ0v) is 44.3. The molecule has 8 heterocycles. The van der Waals surface area contributed by atoms with Crippen molar-refractivity contribution in [1.29, 1.82) is 0 Å². The Morgan fingerprint density at radius 3 is 2.44 bits per heavy atom. The highest BCUT2D eigenvalue weighted by Crippen LogP contribution is 2.41. The molecule has 11 rings (SSSR count). The number of aromatic hydroxyl groups is 1. The van der Waals surface area contributed by atoms with Crippen molar-refractivity contribution >= 4 is 34.4 Å². The lowest BCUT2D eigenvalue weighted by Crippen LogP contribution is -2.54. The van der Waals surface area contributed by atoms with E-state index in [1.165, 1.54) is 0 Å². The van der Waals surface area contributed by atoms with Crippen LogP contribution in [0, 0.1) is 24.7 Å². The van der Waals surface area contributed by atoms with Crippen LogP contribution in [0.25, 0.3) is 21.7 Å². The molecule has 5 aromatic heterocycles. The summed E-state index contributed by atoms with van der Waals surface area (Å²) in [5.41, 5.74) is 15.0. The molecule has 1 aliphatic carbocycles. The van der Waals surface area contributed by atoms with E-state index in [9.17, 15) is 15.0 Å². The number of nitrogens with zero attached hydrogens (tertiary/aromatic N) is 9. The van der Waals surface area contributed by atoms with Gasteiger partial charge in [0.15, 0.2) is 12.4 Å². The van der Waals surface area contributed by atoms with Gasteiger partial charge in [0.2, 0.25) is 11.8 Å². The summed E-state index contributed by atoms with van der Waals surface area (Å²) in [6, 6.07) is 26.7. The third kappa shape index (κ3) is 11.5. The van der Waals surface area contributed by atoms with Crippen LogP contribution in [0.15, 0.2) is 107 Å². The predicted octanol–water partition coefficient (Wildman–Crippen LogP) is 7.97. The Kier molecular flexibility index (Phi) is 14.9.